The maximum absolute atomic E-state index is 11.9. The summed E-state index contributed by atoms with van der Waals surface area (Å²) in [5.41, 5.74) is 0. The van der Waals surface area contributed by atoms with Crippen LogP contribution in [0.1, 0.15) is 46.0 Å². The predicted molar refractivity (Wildman–Crippen MR) is 91.2 cm³/mol. The van der Waals surface area contributed by atoms with E-state index in [-0.39, 0.29) is 17.7 Å². The van der Waals surface area contributed by atoms with Crippen molar-refractivity contribution in [2.45, 2.75) is 57.0 Å². The lowest BCUT2D eigenvalue weighted by Gasteiger charge is -2.22. The van der Waals surface area contributed by atoms with Crippen molar-refractivity contribution in [1.82, 2.24) is 15.5 Å². The molecule has 126 valence electrons. The Labute approximate surface area is 141 Å². The molecular formula is C16H24N4O2S. The molecule has 2 rings (SSSR count). The molecule has 1 heterocycles. The Hall–Kier alpha value is -1.63. The van der Waals surface area contributed by atoms with Gasteiger partial charge >= 0.3 is 0 Å². The van der Waals surface area contributed by atoms with E-state index in [0.29, 0.717) is 22.6 Å². The smallest absolute Gasteiger partial charge is 0.230 e. The highest BCUT2D eigenvalue weighted by molar-refractivity contribution is 7.99. The van der Waals surface area contributed by atoms with Gasteiger partial charge in [-0.2, -0.15) is 0 Å². The molecule has 0 bridgehead atoms. The molecule has 2 N–H and O–H groups in total. The number of anilines is 1. The van der Waals surface area contributed by atoms with Crippen LogP contribution in [0, 0.1) is 5.92 Å². The van der Waals surface area contributed by atoms with Gasteiger partial charge in [-0.25, -0.2) is 0 Å². The Balaban J connectivity index is 1.74. The monoisotopic (exact) mass is 336 g/mol. The van der Waals surface area contributed by atoms with Crippen molar-refractivity contribution in [3.8, 4) is 0 Å². The zero-order chi connectivity index (χ0) is 16.7. The minimum atomic E-state index is -0.102. The van der Waals surface area contributed by atoms with Gasteiger partial charge in [-0.15, -0.1) is 10.2 Å². The molecule has 1 aliphatic carbocycles. The molecule has 0 radical (unpaired) electrons. The summed E-state index contributed by atoms with van der Waals surface area (Å²) in [6.45, 7) is 3.63. The van der Waals surface area contributed by atoms with E-state index in [1.165, 1.54) is 31.0 Å². The highest BCUT2D eigenvalue weighted by Gasteiger charge is 2.16. The van der Waals surface area contributed by atoms with Crippen molar-refractivity contribution >= 4 is 29.4 Å². The summed E-state index contributed by atoms with van der Waals surface area (Å²) in [4.78, 5) is 23.5. The summed E-state index contributed by atoms with van der Waals surface area (Å²) >= 11 is 1.35. The quantitative estimate of drug-likeness (QED) is 0.780. The highest BCUT2D eigenvalue weighted by Crippen LogP contribution is 2.19. The van der Waals surface area contributed by atoms with Crippen molar-refractivity contribution in [1.29, 1.82) is 0 Å². The van der Waals surface area contributed by atoms with Gasteiger partial charge in [0.25, 0.3) is 0 Å². The second-order valence-electron chi connectivity index (χ2n) is 6.09. The van der Waals surface area contributed by atoms with Crippen LogP contribution in [0.25, 0.3) is 0 Å². The van der Waals surface area contributed by atoms with Crippen molar-refractivity contribution in [2.75, 3.05) is 11.1 Å². The minimum Gasteiger partial charge on any atom is -0.353 e. The predicted octanol–water partition coefficient (Wildman–Crippen LogP) is 2.61. The molecule has 1 aromatic rings. The van der Waals surface area contributed by atoms with Gasteiger partial charge in [0.15, 0.2) is 5.82 Å². The molecule has 2 amide bonds. The fourth-order valence-corrected chi connectivity index (χ4v) is 3.02. The van der Waals surface area contributed by atoms with Gasteiger partial charge in [-0.3, -0.25) is 9.59 Å². The van der Waals surface area contributed by atoms with Crippen LogP contribution in [-0.2, 0) is 9.59 Å². The van der Waals surface area contributed by atoms with Crippen LogP contribution < -0.4 is 10.6 Å². The lowest BCUT2D eigenvalue weighted by molar-refractivity contribution is -0.120. The van der Waals surface area contributed by atoms with E-state index >= 15 is 0 Å². The first-order chi connectivity index (χ1) is 11.0. The van der Waals surface area contributed by atoms with Gasteiger partial charge in [-0.05, 0) is 25.0 Å². The van der Waals surface area contributed by atoms with Crippen molar-refractivity contribution in [3.63, 3.8) is 0 Å². The number of nitrogens with zero attached hydrogens (tertiary/aromatic N) is 2. The summed E-state index contributed by atoms with van der Waals surface area (Å²) in [5, 5.41) is 14.4. The van der Waals surface area contributed by atoms with Gasteiger partial charge in [-0.1, -0.05) is 44.9 Å². The number of aromatic nitrogens is 2. The Kier molecular flexibility index (Phi) is 6.83. The highest BCUT2D eigenvalue weighted by atomic mass is 32.2. The van der Waals surface area contributed by atoms with Crippen LogP contribution >= 0.6 is 11.8 Å². The summed E-state index contributed by atoms with van der Waals surface area (Å²) in [6.07, 6.45) is 5.84. The zero-order valence-corrected chi connectivity index (χ0v) is 14.5. The summed E-state index contributed by atoms with van der Waals surface area (Å²) in [5.74, 6) is 0.615. The molecule has 0 aliphatic heterocycles. The largest absolute Gasteiger partial charge is 0.353 e. The number of amides is 2. The molecule has 23 heavy (non-hydrogen) atoms. The number of thioether (sulfide) groups is 1. The summed E-state index contributed by atoms with van der Waals surface area (Å²) in [7, 11) is 0. The molecule has 0 unspecified atom stereocenters. The van der Waals surface area contributed by atoms with E-state index < -0.39 is 0 Å². The molecule has 6 nitrogen and oxygen atoms in total. The fourth-order valence-electron chi connectivity index (χ4n) is 2.39. The molecule has 0 aromatic carbocycles. The number of hydrogen-bond donors (Lipinski definition) is 2. The van der Waals surface area contributed by atoms with Gasteiger partial charge in [0, 0.05) is 12.0 Å². The standard InChI is InChI=1S/C16H24N4O2S/c1-11(2)16(22)18-13-8-9-15(20-19-13)23-10-14(21)17-12-6-4-3-5-7-12/h8-9,11-12H,3-7,10H2,1-2H3,(H,17,21)(H,18,19,22). The van der Waals surface area contributed by atoms with Crippen LogP contribution in [-0.4, -0.2) is 33.8 Å². The second kappa shape index (κ2) is 8.86. The van der Waals surface area contributed by atoms with Gasteiger partial charge in [0.1, 0.15) is 5.03 Å². The van der Waals surface area contributed by atoms with Crippen LogP contribution in [0.4, 0.5) is 5.82 Å². The van der Waals surface area contributed by atoms with Crippen LogP contribution in [0.5, 0.6) is 0 Å². The van der Waals surface area contributed by atoms with Crippen molar-refractivity contribution in [3.05, 3.63) is 12.1 Å². The van der Waals surface area contributed by atoms with Crippen molar-refractivity contribution < 1.29 is 9.59 Å². The number of rotatable bonds is 6. The van der Waals surface area contributed by atoms with Crippen LogP contribution in [0.15, 0.2) is 17.2 Å². The van der Waals surface area contributed by atoms with Crippen molar-refractivity contribution in [2.24, 2.45) is 5.92 Å². The first kappa shape index (κ1) is 17.7. The van der Waals surface area contributed by atoms with E-state index in [4.69, 9.17) is 0 Å². The Morgan fingerprint density at radius 1 is 1.22 bits per heavy atom. The summed E-state index contributed by atoms with van der Waals surface area (Å²) in [6, 6.07) is 3.80. The first-order valence-electron chi connectivity index (χ1n) is 8.11. The number of carbonyl (C=O) groups is 2. The van der Waals surface area contributed by atoms with E-state index in [1.807, 2.05) is 13.8 Å². The molecule has 0 atom stereocenters. The molecule has 1 fully saturated rings. The van der Waals surface area contributed by atoms with Gasteiger partial charge in [0.05, 0.1) is 5.75 Å². The van der Waals surface area contributed by atoms with E-state index in [0.717, 1.165) is 12.8 Å². The summed E-state index contributed by atoms with van der Waals surface area (Å²) < 4.78 is 0. The average molecular weight is 336 g/mol. The zero-order valence-electron chi connectivity index (χ0n) is 13.7. The molecular weight excluding hydrogens is 312 g/mol. The normalized spacial score (nSPS) is 15.4. The van der Waals surface area contributed by atoms with E-state index in [1.54, 1.807) is 12.1 Å². The van der Waals surface area contributed by atoms with Gasteiger partial charge < -0.3 is 10.6 Å². The molecule has 0 spiro atoms. The topological polar surface area (TPSA) is 84.0 Å². The fraction of sp³-hybridized carbons (Fsp3) is 0.625. The third-order valence-corrected chi connectivity index (χ3v) is 4.66. The minimum absolute atomic E-state index is 0.0425. The van der Waals surface area contributed by atoms with Gasteiger partial charge in [0.2, 0.25) is 11.8 Å². The molecule has 7 heteroatoms. The first-order valence-corrected chi connectivity index (χ1v) is 9.10. The van der Waals surface area contributed by atoms with Crippen LogP contribution in [0.3, 0.4) is 0 Å². The third-order valence-electron chi connectivity index (χ3n) is 3.74. The lowest BCUT2D eigenvalue weighted by atomic mass is 9.95. The Bertz CT molecular complexity index is 527. The number of hydrogen-bond acceptors (Lipinski definition) is 5. The molecule has 0 saturated heterocycles. The molecule has 1 aromatic heterocycles. The lowest BCUT2D eigenvalue weighted by Crippen LogP contribution is -2.37. The average Bonchev–Trinajstić information content (AvgIpc) is 2.55. The number of carbonyl (C=O) groups excluding carboxylic acids is 2. The van der Waals surface area contributed by atoms with E-state index in [9.17, 15) is 9.59 Å². The second-order valence-corrected chi connectivity index (χ2v) is 7.09. The Morgan fingerprint density at radius 2 is 1.96 bits per heavy atom. The maximum atomic E-state index is 11.9. The Morgan fingerprint density at radius 3 is 2.57 bits per heavy atom. The maximum Gasteiger partial charge on any atom is 0.230 e. The molecule has 1 saturated carbocycles. The van der Waals surface area contributed by atoms with E-state index in [2.05, 4.69) is 20.8 Å². The SMILES string of the molecule is CC(C)C(=O)Nc1ccc(SCC(=O)NC2CCCCC2)nn1. The third kappa shape index (κ3) is 6.17. The van der Waals surface area contributed by atoms with Crippen LogP contribution in [0.2, 0.25) is 0 Å². The molecule has 1 aliphatic rings. The number of nitrogens with one attached hydrogen (secondary N) is 2.